The first-order chi connectivity index (χ1) is 12.1. The topological polar surface area (TPSA) is 59.4 Å². The van der Waals surface area contributed by atoms with Crippen LogP contribution in [0.25, 0.3) is 21.7 Å². The van der Waals surface area contributed by atoms with Crippen LogP contribution in [0.15, 0.2) is 88.3 Å². The first-order valence-corrected chi connectivity index (χ1v) is 9.20. The predicted octanol–water partition coefficient (Wildman–Crippen LogP) is 4.20. The Morgan fingerprint density at radius 3 is 2.44 bits per heavy atom. The summed E-state index contributed by atoms with van der Waals surface area (Å²) >= 11 is 0. The molecule has 0 unspecified atom stereocenters. The van der Waals surface area contributed by atoms with E-state index in [9.17, 15) is 8.42 Å². The summed E-state index contributed by atoms with van der Waals surface area (Å²) in [6.45, 7) is 0. The average molecular weight is 346 g/mol. The van der Waals surface area contributed by atoms with Crippen molar-refractivity contribution in [1.29, 1.82) is 0 Å². The van der Waals surface area contributed by atoms with Crippen LogP contribution in [-0.4, -0.2) is 19.6 Å². The molecule has 0 aliphatic heterocycles. The van der Waals surface area contributed by atoms with Crippen LogP contribution >= 0.6 is 0 Å². The van der Waals surface area contributed by atoms with Crippen molar-refractivity contribution in [3.05, 3.63) is 84.6 Å². The first-order valence-electron chi connectivity index (χ1n) is 7.76. The maximum absolute atomic E-state index is 12.6. The second-order valence-electron chi connectivity index (χ2n) is 5.65. The van der Waals surface area contributed by atoms with Crippen LogP contribution in [0, 0.1) is 0 Å². The normalized spacial score (nSPS) is 12.2. The van der Waals surface area contributed by atoms with Gasteiger partial charge >= 0.3 is 0 Å². The molecule has 0 atom stereocenters. The Bertz CT molecular complexity index is 1210. The van der Waals surface area contributed by atoms with E-state index < -0.39 is 10.0 Å². The van der Waals surface area contributed by atoms with E-state index in [1.807, 2.05) is 54.6 Å². The molecule has 25 heavy (non-hydrogen) atoms. The summed E-state index contributed by atoms with van der Waals surface area (Å²) in [7, 11) is -3.83. The smallest absolute Gasteiger partial charge is 0.255 e. The van der Waals surface area contributed by atoms with Crippen LogP contribution in [-0.2, 0) is 10.0 Å². The number of sulfonamides is 1. The van der Waals surface area contributed by atoms with Gasteiger partial charge in [-0.25, -0.2) is 0 Å². The Kier molecular flexibility index (Phi) is 3.78. The molecule has 0 saturated heterocycles. The first kappa shape index (κ1) is 15.5. The number of aromatic nitrogens is 1. The van der Waals surface area contributed by atoms with Gasteiger partial charge in [-0.3, -0.25) is 4.98 Å². The zero-order chi connectivity index (χ0) is 17.3. The molecule has 3 aromatic carbocycles. The number of hydrogen-bond acceptors (Lipinski definition) is 3. The second kappa shape index (κ2) is 6.11. The molecular formula is C20H14N2O2S. The van der Waals surface area contributed by atoms with Crippen LogP contribution in [0.4, 0.5) is 0 Å². The predicted molar refractivity (Wildman–Crippen MR) is 100 cm³/mol. The summed E-state index contributed by atoms with van der Waals surface area (Å²) in [5.74, 6) is 0. The Balaban J connectivity index is 1.76. The summed E-state index contributed by atoms with van der Waals surface area (Å²) in [6.07, 6.45) is 2.96. The van der Waals surface area contributed by atoms with E-state index in [0.29, 0.717) is 5.52 Å². The molecule has 1 aromatic heterocycles. The molecule has 4 nitrogen and oxygen atoms in total. The Hall–Kier alpha value is -3.05. The quantitative estimate of drug-likeness (QED) is 0.523. The van der Waals surface area contributed by atoms with Gasteiger partial charge in [0.2, 0.25) is 0 Å². The average Bonchev–Trinajstić information content (AvgIpc) is 2.66. The van der Waals surface area contributed by atoms with Crippen LogP contribution in [0.2, 0.25) is 0 Å². The SMILES string of the molecule is O=S(=O)(/N=C/c1ccc2ccccc2c1)c1cccc2cccnc12. The van der Waals surface area contributed by atoms with Crippen molar-refractivity contribution in [3.63, 3.8) is 0 Å². The van der Waals surface area contributed by atoms with Gasteiger partial charge in [0, 0.05) is 17.8 Å². The number of rotatable bonds is 3. The van der Waals surface area contributed by atoms with Crippen molar-refractivity contribution in [2.45, 2.75) is 4.90 Å². The highest BCUT2D eigenvalue weighted by atomic mass is 32.2. The minimum atomic E-state index is -3.83. The van der Waals surface area contributed by atoms with E-state index in [4.69, 9.17) is 0 Å². The lowest BCUT2D eigenvalue weighted by Gasteiger charge is -2.03. The summed E-state index contributed by atoms with van der Waals surface area (Å²) in [6, 6.07) is 22.3. The number of benzene rings is 3. The van der Waals surface area contributed by atoms with E-state index >= 15 is 0 Å². The number of pyridine rings is 1. The third-order valence-corrected chi connectivity index (χ3v) is 5.26. The Labute approximate surface area is 145 Å². The molecule has 0 saturated carbocycles. The van der Waals surface area contributed by atoms with Crippen molar-refractivity contribution >= 4 is 37.9 Å². The summed E-state index contributed by atoms with van der Waals surface area (Å²) < 4.78 is 29.2. The van der Waals surface area contributed by atoms with Gasteiger partial charge in [0.1, 0.15) is 4.90 Å². The molecule has 0 N–H and O–H groups in total. The zero-order valence-corrected chi connectivity index (χ0v) is 14.0. The van der Waals surface area contributed by atoms with E-state index in [1.165, 1.54) is 12.3 Å². The molecule has 122 valence electrons. The molecule has 0 radical (unpaired) electrons. The summed E-state index contributed by atoms with van der Waals surface area (Å²) in [5, 5.41) is 2.90. The van der Waals surface area contributed by atoms with Gasteiger partial charge in [0.05, 0.1) is 5.52 Å². The highest BCUT2D eigenvalue weighted by Gasteiger charge is 2.16. The lowest BCUT2D eigenvalue weighted by molar-refractivity contribution is 0.599. The standard InChI is InChI=1S/C20H14N2O2S/c23-25(24,19-9-3-7-17-8-4-12-21-20(17)19)22-14-15-10-11-16-5-1-2-6-18(16)13-15/h1-14H/b22-14+. The zero-order valence-electron chi connectivity index (χ0n) is 13.2. The lowest BCUT2D eigenvalue weighted by Crippen LogP contribution is -2.00. The van der Waals surface area contributed by atoms with Crippen molar-refractivity contribution in [2.24, 2.45) is 4.40 Å². The summed E-state index contributed by atoms with van der Waals surface area (Å²) in [5.41, 5.74) is 1.16. The molecule has 0 amide bonds. The Morgan fingerprint density at radius 2 is 1.56 bits per heavy atom. The van der Waals surface area contributed by atoms with E-state index in [1.54, 1.807) is 18.3 Å². The van der Waals surface area contributed by atoms with Gasteiger partial charge < -0.3 is 0 Å². The van der Waals surface area contributed by atoms with Crippen molar-refractivity contribution < 1.29 is 8.42 Å². The van der Waals surface area contributed by atoms with Gasteiger partial charge in [-0.1, -0.05) is 54.6 Å². The van der Waals surface area contributed by atoms with Crippen LogP contribution in [0.1, 0.15) is 5.56 Å². The number of fused-ring (bicyclic) bond motifs is 2. The number of para-hydroxylation sites is 1. The summed E-state index contributed by atoms with van der Waals surface area (Å²) in [4.78, 5) is 4.30. The van der Waals surface area contributed by atoms with Gasteiger partial charge in [0.25, 0.3) is 10.0 Å². The van der Waals surface area contributed by atoms with Crippen LogP contribution < -0.4 is 0 Å². The van der Waals surface area contributed by atoms with Crippen LogP contribution in [0.5, 0.6) is 0 Å². The van der Waals surface area contributed by atoms with Crippen molar-refractivity contribution in [2.75, 3.05) is 0 Å². The Morgan fingerprint density at radius 1 is 0.800 bits per heavy atom. The maximum Gasteiger partial charge on any atom is 0.284 e. The highest BCUT2D eigenvalue weighted by Crippen LogP contribution is 2.22. The number of hydrogen-bond donors (Lipinski definition) is 0. The minimum Gasteiger partial charge on any atom is -0.255 e. The van der Waals surface area contributed by atoms with Crippen molar-refractivity contribution in [3.8, 4) is 0 Å². The third-order valence-electron chi connectivity index (χ3n) is 3.99. The second-order valence-corrected chi connectivity index (χ2v) is 7.25. The minimum absolute atomic E-state index is 0.114. The molecule has 0 bridgehead atoms. The fourth-order valence-electron chi connectivity index (χ4n) is 2.76. The van der Waals surface area contributed by atoms with E-state index in [2.05, 4.69) is 9.38 Å². The highest BCUT2D eigenvalue weighted by molar-refractivity contribution is 7.90. The van der Waals surface area contributed by atoms with Crippen molar-refractivity contribution in [1.82, 2.24) is 4.98 Å². The van der Waals surface area contributed by atoms with E-state index in [-0.39, 0.29) is 4.90 Å². The molecule has 1 heterocycles. The monoisotopic (exact) mass is 346 g/mol. The molecule has 5 heteroatoms. The molecular weight excluding hydrogens is 332 g/mol. The molecule has 0 aliphatic rings. The molecule has 0 fully saturated rings. The van der Waals surface area contributed by atoms with Gasteiger partial charge in [-0.2, -0.15) is 12.8 Å². The lowest BCUT2D eigenvalue weighted by atomic mass is 10.1. The molecule has 0 spiro atoms. The van der Waals surface area contributed by atoms with E-state index in [0.717, 1.165) is 21.7 Å². The molecule has 0 aliphatic carbocycles. The molecule has 4 aromatic rings. The fourth-order valence-corrected chi connectivity index (χ4v) is 3.80. The maximum atomic E-state index is 12.6. The van der Waals surface area contributed by atoms with Crippen LogP contribution in [0.3, 0.4) is 0 Å². The van der Waals surface area contributed by atoms with Gasteiger partial charge in [-0.15, -0.1) is 0 Å². The third kappa shape index (κ3) is 3.02. The number of nitrogens with zero attached hydrogens (tertiary/aromatic N) is 2. The molecule has 4 rings (SSSR count). The van der Waals surface area contributed by atoms with Gasteiger partial charge in [0.15, 0.2) is 0 Å². The van der Waals surface area contributed by atoms with Gasteiger partial charge in [-0.05, 0) is 34.5 Å². The largest absolute Gasteiger partial charge is 0.284 e. The fraction of sp³-hybridized carbons (Fsp3) is 0.